The first-order chi connectivity index (χ1) is 31.6. The normalized spacial score (nSPS) is 19.6. The molecule has 12 nitrogen and oxygen atoms in total. The Labute approximate surface area is 392 Å². The minimum absolute atomic E-state index is 0.0555. The molecule has 1 aliphatic heterocycles. The second kappa shape index (κ2) is 41.8. The Hall–Kier alpha value is -3.58. The number of aliphatic hydroxyl groups is 2. The maximum absolute atomic E-state index is 13.0. The quantitative estimate of drug-likeness (QED) is 0.0229. The number of aliphatic carboxylic acids is 1. The fourth-order valence-electron chi connectivity index (χ4n) is 7.16. The molecule has 372 valence electrons. The fourth-order valence-corrected chi connectivity index (χ4v) is 7.16. The zero-order chi connectivity index (χ0) is 47.6. The highest BCUT2D eigenvalue weighted by atomic mass is 16.7. The average molecular weight is 917 g/mol. The zero-order valence-corrected chi connectivity index (χ0v) is 40.5. The van der Waals surface area contributed by atoms with Crippen molar-refractivity contribution < 1.29 is 58.2 Å². The van der Waals surface area contributed by atoms with Crippen LogP contribution in [0.4, 0.5) is 0 Å². The third-order valence-corrected chi connectivity index (χ3v) is 11.1. The number of carbonyl (C=O) groups excluding carboxylic acids is 3. The molecule has 6 atom stereocenters. The molecule has 1 aliphatic rings. The van der Waals surface area contributed by atoms with Crippen molar-refractivity contribution >= 4 is 23.9 Å². The third-order valence-electron chi connectivity index (χ3n) is 11.1. The molecule has 65 heavy (non-hydrogen) atoms. The molecule has 0 bridgehead atoms. The Kier molecular flexibility index (Phi) is 38.2. The van der Waals surface area contributed by atoms with Gasteiger partial charge in [0, 0.05) is 19.3 Å². The fraction of sp³-hybridized carbons (Fsp3) is 0.736. The van der Waals surface area contributed by atoms with E-state index in [0.717, 1.165) is 103 Å². The summed E-state index contributed by atoms with van der Waals surface area (Å²) in [6.07, 6.45) is 36.6. The predicted octanol–water partition coefficient (Wildman–Crippen LogP) is 11.7. The van der Waals surface area contributed by atoms with Crippen molar-refractivity contribution in [1.82, 2.24) is 0 Å². The smallest absolute Gasteiger partial charge is 0.335 e. The number of ether oxygens (including phenoxy) is 5. The maximum atomic E-state index is 13.0. The molecule has 0 aliphatic carbocycles. The van der Waals surface area contributed by atoms with Crippen LogP contribution in [0.25, 0.3) is 0 Å². The molecule has 0 spiro atoms. The van der Waals surface area contributed by atoms with Crippen molar-refractivity contribution in [2.75, 3.05) is 13.2 Å². The van der Waals surface area contributed by atoms with Gasteiger partial charge >= 0.3 is 23.9 Å². The first-order valence-corrected chi connectivity index (χ1v) is 25.3. The van der Waals surface area contributed by atoms with Crippen LogP contribution < -0.4 is 0 Å². The van der Waals surface area contributed by atoms with E-state index in [9.17, 15) is 34.5 Å². The number of allylic oxidation sites excluding steroid dienone is 10. The summed E-state index contributed by atoms with van der Waals surface area (Å²) >= 11 is 0. The number of hydrogen-bond acceptors (Lipinski definition) is 11. The number of carbonyl (C=O) groups is 4. The van der Waals surface area contributed by atoms with Crippen molar-refractivity contribution in [2.45, 2.75) is 237 Å². The van der Waals surface area contributed by atoms with Crippen LogP contribution in [-0.2, 0) is 42.9 Å². The number of aliphatic hydroxyl groups excluding tert-OH is 2. The molecule has 12 heteroatoms. The van der Waals surface area contributed by atoms with Crippen LogP contribution in [0.2, 0.25) is 0 Å². The maximum Gasteiger partial charge on any atom is 0.335 e. The first kappa shape index (κ1) is 59.4. The van der Waals surface area contributed by atoms with Gasteiger partial charge in [0.1, 0.15) is 18.8 Å². The average Bonchev–Trinajstić information content (AvgIpc) is 3.29. The van der Waals surface area contributed by atoms with Crippen LogP contribution in [0.1, 0.15) is 201 Å². The van der Waals surface area contributed by atoms with Gasteiger partial charge in [-0.2, -0.15) is 0 Å². The minimum atomic E-state index is -1.91. The van der Waals surface area contributed by atoms with E-state index in [-0.39, 0.29) is 25.9 Å². The van der Waals surface area contributed by atoms with Crippen molar-refractivity contribution in [3.8, 4) is 0 Å². The molecular formula is C53H88O12. The van der Waals surface area contributed by atoms with Crippen LogP contribution in [0.3, 0.4) is 0 Å². The molecule has 0 aromatic heterocycles. The number of hydrogen-bond donors (Lipinski definition) is 3. The minimum Gasteiger partial charge on any atom is -0.479 e. The Bertz CT molecular complexity index is 1370. The van der Waals surface area contributed by atoms with Gasteiger partial charge in [-0.3, -0.25) is 14.4 Å². The Balaban J connectivity index is 2.77. The van der Waals surface area contributed by atoms with E-state index in [2.05, 4.69) is 81.5 Å². The van der Waals surface area contributed by atoms with E-state index in [1.165, 1.54) is 38.5 Å². The second-order valence-electron chi connectivity index (χ2n) is 17.1. The molecule has 1 heterocycles. The number of carboxylic acids is 1. The summed E-state index contributed by atoms with van der Waals surface area (Å²) in [6.45, 7) is 5.72. The van der Waals surface area contributed by atoms with Crippen molar-refractivity contribution in [3.05, 3.63) is 60.8 Å². The van der Waals surface area contributed by atoms with E-state index in [0.29, 0.717) is 19.3 Å². The van der Waals surface area contributed by atoms with Gasteiger partial charge in [-0.15, -0.1) is 0 Å². The van der Waals surface area contributed by atoms with Gasteiger partial charge in [0.2, 0.25) is 0 Å². The number of esters is 3. The molecule has 0 radical (unpaired) electrons. The number of unbranched alkanes of at least 4 members (excludes halogenated alkanes) is 17. The SMILES string of the molecule is CC/C=C\C/C=C\C/C=C\C/C=C\CCCCC(=O)OCC(COC1OC(C(=O)O)C(O)C(O)C1OC(=O)CCCCCCCCCCC)OC(=O)CCCCCCC/C=C\CCCC. The summed E-state index contributed by atoms with van der Waals surface area (Å²) in [5.74, 6) is -3.19. The Morgan fingerprint density at radius 3 is 1.57 bits per heavy atom. The predicted molar refractivity (Wildman–Crippen MR) is 257 cm³/mol. The van der Waals surface area contributed by atoms with Gasteiger partial charge in [-0.1, -0.05) is 165 Å². The van der Waals surface area contributed by atoms with Crippen molar-refractivity contribution in [2.24, 2.45) is 0 Å². The molecule has 0 aromatic rings. The van der Waals surface area contributed by atoms with Gasteiger partial charge in [-0.05, 0) is 77.0 Å². The molecule has 1 rings (SSSR count). The van der Waals surface area contributed by atoms with E-state index in [1.54, 1.807) is 0 Å². The summed E-state index contributed by atoms with van der Waals surface area (Å²) < 4.78 is 28.1. The lowest BCUT2D eigenvalue weighted by Crippen LogP contribution is -2.61. The molecule has 0 saturated carbocycles. The highest BCUT2D eigenvalue weighted by molar-refractivity contribution is 5.74. The van der Waals surface area contributed by atoms with Gasteiger partial charge in [0.05, 0.1) is 6.61 Å². The molecule has 0 aromatic carbocycles. The topological polar surface area (TPSA) is 175 Å². The van der Waals surface area contributed by atoms with Crippen molar-refractivity contribution in [1.29, 1.82) is 0 Å². The summed E-state index contributed by atoms with van der Waals surface area (Å²) in [5, 5.41) is 31.2. The van der Waals surface area contributed by atoms with E-state index >= 15 is 0 Å². The molecular weight excluding hydrogens is 829 g/mol. The van der Waals surface area contributed by atoms with Crippen LogP contribution in [0.5, 0.6) is 0 Å². The second-order valence-corrected chi connectivity index (χ2v) is 17.1. The van der Waals surface area contributed by atoms with Gasteiger partial charge in [0.25, 0.3) is 0 Å². The Morgan fingerprint density at radius 1 is 0.523 bits per heavy atom. The van der Waals surface area contributed by atoms with E-state index < -0.39 is 67.3 Å². The molecule has 3 N–H and O–H groups in total. The first-order valence-electron chi connectivity index (χ1n) is 25.3. The van der Waals surface area contributed by atoms with Crippen LogP contribution in [0.15, 0.2) is 60.8 Å². The monoisotopic (exact) mass is 917 g/mol. The molecule has 0 amide bonds. The molecule has 1 fully saturated rings. The van der Waals surface area contributed by atoms with Crippen LogP contribution in [0, 0.1) is 0 Å². The number of rotatable bonds is 41. The van der Waals surface area contributed by atoms with Crippen molar-refractivity contribution in [3.63, 3.8) is 0 Å². The summed E-state index contributed by atoms with van der Waals surface area (Å²) in [7, 11) is 0. The highest BCUT2D eigenvalue weighted by Crippen LogP contribution is 2.26. The summed E-state index contributed by atoms with van der Waals surface area (Å²) in [5.41, 5.74) is 0. The molecule has 6 unspecified atom stereocenters. The lowest BCUT2D eigenvalue weighted by molar-refractivity contribution is -0.301. The lowest BCUT2D eigenvalue weighted by Gasteiger charge is -2.40. The van der Waals surface area contributed by atoms with Gasteiger partial charge < -0.3 is 39.0 Å². The highest BCUT2D eigenvalue weighted by Gasteiger charge is 2.50. The standard InChI is InChI=1S/C53H88O12/c1-4-7-10-13-16-19-21-22-23-24-26-28-30-33-36-39-45(54)61-42-44(63-46(55)40-37-34-32-29-25-20-17-14-11-8-5-2)43-62-53-51(49(58)48(57)50(65-53)52(59)60)64-47(56)41-38-35-31-27-18-15-12-9-6-3/h7,10,14,16-17,19,22-23,26,28,44,48-51,53,57-58H,4-6,8-9,11-13,15,18,20-21,24-25,27,29-43H2,1-3H3,(H,59,60)/b10-7-,17-14-,19-16-,23-22-,28-26-. The number of carboxylic acid groups (broad SMARTS) is 1. The van der Waals surface area contributed by atoms with Gasteiger partial charge in [0.15, 0.2) is 24.6 Å². The van der Waals surface area contributed by atoms with Crippen LogP contribution in [-0.4, -0.2) is 89.2 Å². The Morgan fingerprint density at radius 2 is 0.985 bits per heavy atom. The summed E-state index contributed by atoms with van der Waals surface area (Å²) in [4.78, 5) is 50.6. The lowest BCUT2D eigenvalue weighted by atomic mass is 9.98. The zero-order valence-electron chi connectivity index (χ0n) is 40.5. The largest absolute Gasteiger partial charge is 0.479 e. The third kappa shape index (κ3) is 32.7. The van der Waals surface area contributed by atoms with E-state index in [4.69, 9.17) is 23.7 Å². The summed E-state index contributed by atoms with van der Waals surface area (Å²) in [6, 6.07) is 0. The van der Waals surface area contributed by atoms with E-state index in [1.807, 2.05) is 0 Å². The van der Waals surface area contributed by atoms with Gasteiger partial charge in [-0.25, -0.2) is 4.79 Å². The molecule has 1 saturated heterocycles. The van der Waals surface area contributed by atoms with Crippen LogP contribution >= 0.6 is 0 Å².